The molecule has 3 aliphatic rings. The van der Waals surface area contributed by atoms with Crippen molar-refractivity contribution < 1.29 is 37.7 Å². The van der Waals surface area contributed by atoms with Crippen LogP contribution < -0.4 is 25.3 Å². The molecule has 0 radical (unpaired) electrons. The molecule has 232 valence electrons. The van der Waals surface area contributed by atoms with E-state index < -0.39 is 40.8 Å². The average molecular weight is 612 g/mol. The minimum atomic E-state index is -1.37. The van der Waals surface area contributed by atoms with Gasteiger partial charge in [0, 0.05) is 44.7 Å². The molecule has 0 spiro atoms. The average Bonchev–Trinajstić information content (AvgIpc) is 3.79. The maximum absolute atomic E-state index is 15.4. The van der Waals surface area contributed by atoms with E-state index in [1.807, 2.05) is 0 Å². The first-order chi connectivity index (χ1) is 21.1. The van der Waals surface area contributed by atoms with Crippen molar-refractivity contribution in [1.29, 1.82) is 0 Å². The summed E-state index contributed by atoms with van der Waals surface area (Å²) in [6.45, 7) is 2.49. The van der Waals surface area contributed by atoms with E-state index >= 15 is 8.78 Å². The minimum absolute atomic E-state index is 0.00601. The lowest BCUT2D eigenvalue weighted by Crippen LogP contribution is -2.33. The van der Waals surface area contributed by atoms with Gasteiger partial charge in [0.15, 0.2) is 23.2 Å². The van der Waals surface area contributed by atoms with Gasteiger partial charge in [0.2, 0.25) is 11.3 Å². The Morgan fingerprint density at radius 2 is 1.91 bits per heavy atom. The molecule has 1 saturated carbocycles. The highest BCUT2D eigenvalue weighted by Gasteiger charge is 2.33. The molecule has 2 unspecified atom stereocenters. The van der Waals surface area contributed by atoms with Gasteiger partial charge < -0.3 is 29.4 Å². The molecule has 12 nitrogen and oxygen atoms in total. The zero-order valence-electron chi connectivity index (χ0n) is 23.9. The van der Waals surface area contributed by atoms with Crippen LogP contribution in [0.4, 0.5) is 25.1 Å². The number of carbonyl (C=O) groups excluding carboxylic acids is 2. The number of halogens is 2. The monoisotopic (exact) mass is 611 g/mol. The van der Waals surface area contributed by atoms with Crippen molar-refractivity contribution in [3.8, 4) is 5.75 Å². The number of aromatic nitrogens is 2. The Hall–Kier alpha value is -4.75. The van der Waals surface area contributed by atoms with Gasteiger partial charge in [-0.3, -0.25) is 14.5 Å². The second-order valence-electron chi connectivity index (χ2n) is 11.3. The predicted octanol–water partition coefficient (Wildman–Crippen LogP) is 3.61. The Labute approximate surface area is 250 Å². The number of anilines is 2. The number of benzene rings is 1. The van der Waals surface area contributed by atoms with Gasteiger partial charge >= 0.3 is 12.1 Å². The number of carboxylic acid groups (broad SMARTS) is 1. The fraction of sp³-hybridized carbons (Fsp3) is 0.433. The number of cyclic esters (lactones) is 1. The fourth-order valence-corrected chi connectivity index (χ4v) is 5.67. The van der Waals surface area contributed by atoms with Gasteiger partial charge in [0.05, 0.1) is 24.2 Å². The van der Waals surface area contributed by atoms with Gasteiger partial charge in [-0.2, -0.15) is 0 Å². The van der Waals surface area contributed by atoms with E-state index in [0.29, 0.717) is 38.0 Å². The summed E-state index contributed by atoms with van der Waals surface area (Å²) in [4.78, 5) is 55.4. The lowest BCUT2D eigenvalue weighted by atomic mass is 10.1. The molecule has 3 aromatic rings. The summed E-state index contributed by atoms with van der Waals surface area (Å²) in [7, 11) is 0. The van der Waals surface area contributed by atoms with Crippen LogP contribution in [0.25, 0.3) is 11.0 Å². The normalized spacial score (nSPS) is 20.4. The molecule has 2 N–H and O–H groups in total. The number of hydrogen-bond acceptors (Lipinski definition) is 8. The summed E-state index contributed by atoms with van der Waals surface area (Å²) in [5.41, 5.74) is -0.636. The Morgan fingerprint density at radius 3 is 2.61 bits per heavy atom. The van der Waals surface area contributed by atoms with Crippen molar-refractivity contribution in [3.05, 3.63) is 57.9 Å². The van der Waals surface area contributed by atoms with Gasteiger partial charge in [-0.05, 0) is 43.9 Å². The van der Waals surface area contributed by atoms with Gasteiger partial charge in [0.25, 0.3) is 0 Å². The van der Waals surface area contributed by atoms with Crippen LogP contribution >= 0.6 is 0 Å². The summed E-state index contributed by atoms with van der Waals surface area (Å²) in [5.74, 6) is -2.90. The highest BCUT2D eigenvalue weighted by molar-refractivity contribution is 5.92. The number of amides is 2. The molecule has 3 fully saturated rings. The highest BCUT2D eigenvalue weighted by Crippen LogP contribution is 2.37. The van der Waals surface area contributed by atoms with Crippen LogP contribution in [0.3, 0.4) is 0 Å². The molecule has 6 rings (SSSR count). The van der Waals surface area contributed by atoms with Crippen LogP contribution in [0.5, 0.6) is 5.75 Å². The van der Waals surface area contributed by atoms with Gasteiger partial charge in [0.1, 0.15) is 23.4 Å². The zero-order valence-corrected chi connectivity index (χ0v) is 23.9. The highest BCUT2D eigenvalue weighted by atomic mass is 19.1. The van der Waals surface area contributed by atoms with E-state index in [-0.39, 0.29) is 53.7 Å². The van der Waals surface area contributed by atoms with E-state index in [9.17, 15) is 24.3 Å². The number of pyridine rings is 2. The van der Waals surface area contributed by atoms with Gasteiger partial charge in [-0.15, -0.1) is 0 Å². The van der Waals surface area contributed by atoms with Crippen molar-refractivity contribution >= 4 is 40.5 Å². The Morgan fingerprint density at radius 1 is 1.11 bits per heavy atom. The van der Waals surface area contributed by atoms with Crippen molar-refractivity contribution in [3.63, 3.8) is 0 Å². The summed E-state index contributed by atoms with van der Waals surface area (Å²) in [6, 6.07) is 5.29. The number of nitrogens with zero attached hydrogens (tertiary/aromatic N) is 4. The number of aromatic carboxylic acids is 1. The molecule has 2 aromatic heterocycles. The third-order valence-corrected chi connectivity index (χ3v) is 8.06. The first-order valence-corrected chi connectivity index (χ1v) is 14.5. The molecule has 2 amide bonds. The molecule has 1 aromatic carbocycles. The van der Waals surface area contributed by atoms with E-state index in [1.165, 1.54) is 30.2 Å². The van der Waals surface area contributed by atoms with Crippen LogP contribution in [0.2, 0.25) is 0 Å². The summed E-state index contributed by atoms with van der Waals surface area (Å²) >= 11 is 0. The molecule has 2 aliphatic heterocycles. The Kier molecular flexibility index (Phi) is 7.82. The summed E-state index contributed by atoms with van der Waals surface area (Å²) < 4.78 is 43.4. The van der Waals surface area contributed by atoms with Gasteiger partial charge in [-0.1, -0.05) is 0 Å². The quantitative estimate of drug-likeness (QED) is 0.391. The second-order valence-corrected chi connectivity index (χ2v) is 11.3. The first kappa shape index (κ1) is 29.3. The van der Waals surface area contributed by atoms with Crippen LogP contribution in [-0.4, -0.2) is 71.0 Å². The van der Waals surface area contributed by atoms with E-state index in [2.05, 4.69) is 10.3 Å². The number of fused-ring (bicyclic) bond motifs is 1. The third kappa shape index (κ3) is 5.88. The number of rotatable bonds is 8. The lowest BCUT2D eigenvalue weighted by molar-refractivity contribution is -0.119. The molecular formula is C30H31F2N5O7. The van der Waals surface area contributed by atoms with Crippen LogP contribution in [0.15, 0.2) is 35.3 Å². The molecule has 4 heterocycles. The van der Waals surface area contributed by atoms with Crippen molar-refractivity contribution in [2.24, 2.45) is 0 Å². The molecule has 2 atom stereocenters. The Balaban J connectivity index is 1.15. The maximum atomic E-state index is 15.4. The minimum Gasteiger partial charge on any atom is -0.487 e. The molecular weight excluding hydrogens is 580 g/mol. The van der Waals surface area contributed by atoms with E-state index in [0.717, 1.165) is 18.9 Å². The number of carbonyl (C=O) groups is 3. The lowest BCUT2D eigenvalue weighted by Gasteiger charge is -2.23. The second kappa shape index (κ2) is 11.7. The first-order valence-electron chi connectivity index (χ1n) is 14.5. The van der Waals surface area contributed by atoms with Crippen LogP contribution in [-0.2, 0) is 9.53 Å². The zero-order chi connectivity index (χ0) is 31.1. The molecule has 14 heteroatoms. The maximum Gasteiger partial charge on any atom is 0.414 e. The predicted molar refractivity (Wildman–Crippen MR) is 154 cm³/mol. The standard InChI is InChI=1S/C30H31F2N5O7/c1-16(38)33-13-20-14-37(30(42)44-20)18-6-7-25(23(31)11-18)43-19-3-2-9-35(10-8-19)28-24(32)12-21-26(39)22(29(40)41)15-36(17-4-5-17)27(21)34-28/h6-7,11-12,15,17,19-20H,2-5,8-10,13-14H2,1H3,(H,33,38)(H,40,41). The molecule has 1 aliphatic carbocycles. The van der Waals surface area contributed by atoms with Gasteiger partial charge in [-0.25, -0.2) is 23.4 Å². The number of hydrogen-bond donors (Lipinski definition) is 2. The van der Waals surface area contributed by atoms with E-state index in [4.69, 9.17) is 9.47 Å². The van der Waals surface area contributed by atoms with E-state index in [1.54, 1.807) is 15.5 Å². The number of carboxylic acids is 1. The van der Waals surface area contributed by atoms with Crippen molar-refractivity contribution in [2.45, 2.75) is 57.3 Å². The SMILES string of the molecule is CC(=O)NCC1CN(c2ccc(OC3CCCN(c4nc5c(cc4F)c(=O)c(C(=O)O)cn5C4CC4)CC3)c(F)c2)C(=O)O1. The third-order valence-electron chi connectivity index (χ3n) is 8.06. The van der Waals surface area contributed by atoms with Crippen molar-refractivity contribution in [2.75, 3.05) is 36.0 Å². The fourth-order valence-electron chi connectivity index (χ4n) is 5.67. The van der Waals surface area contributed by atoms with Crippen molar-refractivity contribution in [1.82, 2.24) is 14.9 Å². The summed E-state index contributed by atoms with van der Waals surface area (Å²) in [6.07, 6.45) is 2.98. The van der Waals surface area contributed by atoms with Crippen LogP contribution in [0.1, 0.15) is 55.4 Å². The molecule has 2 saturated heterocycles. The van der Waals surface area contributed by atoms with Crippen LogP contribution in [0, 0.1) is 11.6 Å². The number of ether oxygens (including phenoxy) is 2. The Bertz CT molecular complexity index is 1710. The summed E-state index contributed by atoms with van der Waals surface area (Å²) in [5, 5.41) is 12.0. The topological polar surface area (TPSA) is 143 Å². The molecule has 44 heavy (non-hydrogen) atoms. The smallest absolute Gasteiger partial charge is 0.414 e. The molecule has 0 bridgehead atoms. The largest absolute Gasteiger partial charge is 0.487 e. The number of nitrogens with one attached hydrogen (secondary N) is 1.